The minimum Gasteiger partial charge on any atom is -0.385 e. The van der Waals surface area contributed by atoms with Crippen LogP contribution in [0.4, 0.5) is 5.69 Å². The first-order valence-electron chi connectivity index (χ1n) is 8.31. The van der Waals surface area contributed by atoms with Gasteiger partial charge in [0.2, 0.25) is 0 Å². The second kappa shape index (κ2) is 8.82. The van der Waals surface area contributed by atoms with Crippen LogP contribution in [0.3, 0.4) is 0 Å². The van der Waals surface area contributed by atoms with Gasteiger partial charge in [0.1, 0.15) is 0 Å². The first-order valence-corrected chi connectivity index (χ1v) is 9.79. The Hall–Kier alpha value is -2.38. The molecule has 0 heterocycles. The summed E-state index contributed by atoms with van der Waals surface area (Å²) >= 11 is 0. The van der Waals surface area contributed by atoms with Crippen molar-refractivity contribution in [2.75, 3.05) is 25.0 Å². The molecule has 7 heteroatoms. The zero-order valence-electron chi connectivity index (χ0n) is 15.2. The molecule has 6 nitrogen and oxygen atoms in total. The van der Waals surface area contributed by atoms with Crippen LogP contribution in [-0.4, -0.2) is 34.6 Å². The molecule has 0 aliphatic rings. The number of anilines is 1. The Bertz CT molecular complexity index is 879. The molecule has 140 valence electrons. The van der Waals surface area contributed by atoms with E-state index in [9.17, 15) is 13.2 Å². The lowest BCUT2D eigenvalue weighted by Crippen LogP contribution is -2.25. The number of hydrogen-bond donors (Lipinski definition) is 2. The van der Waals surface area contributed by atoms with Crippen molar-refractivity contribution in [3.63, 3.8) is 0 Å². The summed E-state index contributed by atoms with van der Waals surface area (Å²) in [4.78, 5) is 12.2. The van der Waals surface area contributed by atoms with E-state index in [4.69, 9.17) is 4.74 Å². The van der Waals surface area contributed by atoms with Crippen LogP contribution < -0.4 is 10.0 Å². The molecule has 0 radical (unpaired) electrons. The van der Waals surface area contributed by atoms with Gasteiger partial charge in [0.05, 0.1) is 10.6 Å². The Labute approximate surface area is 154 Å². The van der Waals surface area contributed by atoms with E-state index in [0.29, 0.717) is 30.8 Å². The summed E-state index contributed by atoms with van der Waals surface area (Å²) in [6.07, 6.45) is 0.689. The minimum atomic E-state index is -3.78. The molecule has 2 aromatic carbocycles. The molecular formula is C19H24N2O4S. The number of carbonyl (C=O) groups is 1. The molecule has 0 spiro atoms. The maximum absolute atomic E-state index is 12.7. The van der Waals surface area contributed by atoms with Crippen molar-refractivity contribution in [2.24, 2.45) is 0 Å². The van der Waals surface area contributed by atoms with Gasteiger partial charge in [-0.1, -0.05) is 23.8 Å². The molecule has 0 saturated heterocycles. The Morgan fingerprint density at radius 1 is 1.12 bits per heavy atom. The Morgan fingerprint density at radius 2 is 1.88 bits per heavy atom. The predicted molar refractivity (Wildman–Crippen MR) is 102 cm³/mol. The quantitative estimate of drug-likeness (QED) is 0.694. The van der Waals surface area contributed by atoms with Gasteiger partial charge in [0, 0.05) is 25.8 Å². The molecule has 2 N–H and O–H groups in total. The number of hydrogen-bond acceptors (Lipinski definition) is 4. The number of carbonyl (C=O) groups excluding carboxylic acids is 1. The maximum Gasteiger partial charge on any atom is 0.261 e. The van der Waals surface area contributed by atoms with E-state index in [0.717, 1.165) is 11.1 Å². The van der Waals surface area contributed by atoms with Gasteiger partial charge in [-0.15, -0.1) is 0 Å². The van der Waals surface area contributed by atoms with E-state index in [1.807, 2.05) is 26.0 Å². The van der Waals surface area contributed by atoms with Gasteiger partial charge in [-0.2, -0.15) is 0 Å². The molecule has 2 rings (SSSR count). The van der Waals surface area contributed by atoms with Gasteiger partial charge in [-0.05, 0) is 50.1 Å². The highest BCUT2D eigenvalue weighted by atomic mass is 32.2. The maximum atomic E-state index is 12.7. The van der Waals surface area contributed by atoms with E-state index < -0.39 is 10.0 Å². The van der Waals surface area contributed by atoms with Crippen LogP contribution in [0.25, 0.3) is 0 Å². The van der Waals surface area contributed by atoms with Gasteiger partial charge in [0.25, 0.3) is 15.9 Å². The summed E-state index contributed by atoms with van der Waals surface area (Å²) in [5, 5.41) is 2.74. The van der Waals surface area contributed by atoms with Crippen LogP contribution in [0, 0.1) is 13.8 Å². The lowest BCUT2D eigenvalue weighted by molar-refractivity contribution is 0.0948. The van der Waals surface area contributed by atoms with Crippen molar-refractivity contribution in [1.29, 1.82) is 0 Å². The molecule has 0 aliphatic heterocycles. The first kappa shape index (κ1) is 19.9. The summed E-state index contributed by atoms with van der Waals surface area (Å²) in [7, 11) is -2.19. The second-order valence-electron chi connectivity index (χ2n) is 6.05. The molecule has 0 atom stereocenters. The lowest BCUT2D eigenvalue weighted by atomic mass is 10.1. The number of aryl methyl sites for hydroxylation is 2. The van der Waals surface area contributed by atoms with Crippen LogP contribution in [0.5, 0.6) is 0 Å². The van der Waals surface area contributed by atoms with Crippen LogP contribution >= 0.6 is 0 Å². The smallest absolute Gasteiger partial charge is 0.261 e. The van der Waals surface area contributed by atoms with Gasteiger partial charge in [-0.3, -0.25) is 9.52 Å². The zero-order chi connectivity index (χ0) is 19.2. The summed E-state index contributed by atoms with van der Waals surface area (Å²) < 4.78 is 32.8. The van der Waals surface area contributed by atoms with Crippen LogP contribution in [-0.2, 0) is 14.8 Å². The lowest BCUT2D eigenvalue weighted by Gasteiger charge is -2.12. The van der Waals surface area contributed by atoms with Gasteiger partial charge >= 0.3 is 0 Å². The predicted octanol–water partition coefficient (Wildman–Crippen LogP) is 2.87. The average Bonchev–Trinajstić information content (AvgIpc) is 2.61. The molecule has 0 saturated carbocycles. The molecule has 0 bridgehead atoms. The third-order valence-electron chi connectivity index (χ3n) is 3.84. The number of benzene rings is 2. The van der Waals surface area contributed by atoms with Crippen molar-refractivity contribution in [1.82, 2.24) is 5.32 Å². The average molecular weight is 376 g/mol. The fourth-order valence-electron chi connectivity index (χ4n) is 2.46. The first-order chi connectivity index (χ1) is 12.3. The number of rotatable bonds is 8. The minimum absolute atomic E-state index is 0.0435. The largest absolute Gasteiger partial charge is 0.385 e. The highest BCUT2D eigenvalue weighted by Crippen LogP contribution is 2.21. The summed E-state index contributed by atoms with van der Waals surface area (Å²) in [6.45, 7) is 4.80. The monoisotopic (exact) mass is 376 g/mol. The number of methoxy groups -OCH3 is 1. The summed E-state index contributed by atoms with van der Waals surface area (Å²) in [5.74, 6) is -0.315. The molecule has 0 fully saturated rings. The van der Waals surface area contributed by atoms with Crippen molar-refractivity contribution >= 4 is 21.6 Å². The SMILES string of the molecule is COCCCNC(=O)c1cccc(S(=O)(=O)Nc2ccc(C)cc2C)c1. The fourth-order valence-corrected chi connectivity index (χ4v) is 3.63. The highest BCUT2D eigenvalue weighted by Gasteiger charge is 2.17. The van der Waals surface area contributed by atoms with E-state index >= 15 is 0 Å². The normalized spacial score (nSPS) is 11.2. The Balaban J connectivity index is 2.15. The number of ether oxygens (including phenoxy) is 1. The number of amides is 1. The zero-order valence-corrected chi connectivity index (χ0v) is 16.0. The van der Waals surface area contributed by atoms with E-state index in [-0.39, 0.29) is 10.8 Å². The third kappa shape index (κ3) is 5.31. The molecule has 0 aromatic heterocycles. The van der Waals surface area contributed by atoms with Crippen LogP contribution in [0.15, 0.2) is 47.4 Å². The Morgan fingerprint density at radius 3 is 2.58 bits per heavy atom. The van der Waals surface area contributed by atoms with Crippen molar-refractivity contribution in [2.45, 2.75) is 25.2 Å². The topological polar surface area (TPSA) is 84.5 Å². The van der Waals surface area contributed by atoms with Crippen molar-refractivity contribution < 1.29 is 17.9 Å². The molecule has 1 amide bonds. The fraction of sp³-hybridized carbons (Fsp3) is 0.316. The molecule has 0 aliphatic carbocycles. The number of nitrogens with one attached hydrogen (secondary N) is 2. The third-order valence-corrected chi connectivity index (χ3v) is 5.21. The van der Waals surface area contributed by atoms with E-state index in [2.05, 4.69) is 10.0 Å². The summed E-state index contributed by atoms with van der Waals surface area (Å²) in [5.41, 5.74) is 2.70. The second-order valence-corrected chi connectivity index (χ2v) is 7.74. The molecule has 26 heavy (non-hydrogen) atoms. The Kier molecular flexibility index (Phi) is 6.76. The molecule has 2 aromatic rings. The van der Waals surface area contributed by atoms with E-state index in [1.54, 1.807) is 25.3 Å². The highest BCUT2D eigenvalue weighted by molar-refractivity contribution is 7.92. The molecule has 0 unspecified atom stereocenters. The van der Waals surface area contributed by atoms with Crippen molar-refractivity contribution in [3.8, 4) is 0 Å². The standard InChI is InChI=1S/C19H24N2O4S/c1-14-8-9-18(15(2)12-14)21-26(23,24)17-7-4-6-16(13-17)19(22)20-10-5-11-25-3/h4,6-9,12-13,21H,5,10-11H2,1-3H3,(H,20,22). The number of sulfonamides is 1. The van der Waals surface area contributed by atoms with Gasteiger partial charge < -0.3 is 10.1 Å². The van der Waals surface area contributed by atoms with Crippen LogP contribution in [0.2, 0.25) is 0 Å². The van der Waals surface area contributed by atoms with Gasteiger partial charge in [0.15, 0.2) is 0 Å². The van der Waals surface area contributed by atoms with Crippen LogP contribution in [0.1, 0.15) is 27.9 Å². The van der Waals surface area contributed by atoms with Crippen molar-refractivity contribution in [3.05, 3.63) is 59.2 Å². The summed E-state index contributed by atoms with van der Waals surface area (Å²) in [6, 6.07) is 11.5. The van der Waals surface area contributed by atoms with E-state index in [1.165, 1.54) is 12.1 Å². The van der Waals surface area contributed by atoms with Gasteiger partial charge in [-0.25, -0.2) is 8.42 Å². The molecular weight excluding hydrogens is 352 g/mol.